The zero-order valence-electron chi connectivity index (χ0n) is 15.5. The first-order valence-corrected chi connectivity index (χ1v) is 10.2. The number of anilines is 2. The highest BCUT2D eigenvalue weighted by Crippen LogP contribution is 2.19. The van der Waals surface area contributed by atoms with Crippen LogP contribution in [0.5, 0.6) is 5.75 Å². The smallest absolute Gasteiger partial charge is 0.265 e. The van der Waals surface area contributed by atoms with Gasteiger partial charge < -0.3 is 10.1 Å². The van der Waals surface area contributed by atoms with Crippen LogP contribution >= 0.6 is 0 Å². The highest BCUT2D eigenvalue weighted by atomic mass is 32.2. The lowest BCUT2D eigenvalue weighted by atomic mass is 10.3. The van der Waals surface area contributed by atoms with Crippen LogP contribution in [0.2, 0.25) is 0 Å². The number of carbonyl (C=O) groups excluding carboxylic acids is 1. The van der Waals surface area contributed by atoms with Gasteiger partial charge in [-0.2, -0.15) is 0 Å². The van der Waals surface area contributed by atoms with E-state index in [1.165, 1.54) is 36.4 Å². The second kappa shape index (κ2) is 8.74. The molecule has 2 N–H and O–H groups in total. The van der Waals surface area contributed by atoms with Gasteiger partial charge in [0.25, 0.3) is 15.9 Å². The van der Waals surface area contributed by atoms with Gasteiger partial charge in [-0.3, -0.25) is 9.52 Å². The first-order chi connectivity index (χ1) is 13.8. The standard InChI is InChI=1S/C21H19FN2O4S/c1-15(28-19-5-3-2-4-6-19)21(25)23-17-11-13-20(14-12-17)29(26,27)24-18-9-7-16(22)8-10-18/h2-15,24H,1H3,(H,23,25)/t15-/m0/s1. The van der Waals surface area contributed by atoms with Crippen molar-refractivity contribution in [2.45, 2.75) is 17.9 Å². The fourth-order valence-electron chi connectivity index (χ4n) is 2.45. The molecular weight excluding hydrogens is 395 g/mol. The average Bonchev–Trinajstić information content (AvgIpc) is 2.71. The molecule has 0 saturated heterocycles. The number of ether oxygens (including phenoxy) is 1. The number of hydrogen-bond acceptors (Lipinski definition) is 4. The minimum Gasteiger partial charge on any atom is -0.481 e. The number of hydrogen-bond donors (Lipinski definition) is 2. The molecule has 0 radical (unpaired) electrons. The minimum absolute atomic E-state index is 0.00779. The number of sulfonamides is 1. The Bertz CT molecular complexity index is 1070. The molecular formula is C21H19FN2O4S. The van der Waals surface area contributed by atoms with Crippen molar-refractivity contribution in [2.75, 3.05) is 10.0 Å². The molecule has 1 atom stereocenters. The van der Waals surface area contributed by atoms with Gasteiger partial charge in [-0.25, -0.2) is 12.8 Å². The van der Waals surface area contributed by atoms with Gasteiger partial charge in [0, 0.05) is 11.4 Å². The molecule has 1 amide bonds. The Balaban J connectivity index is 1.63. The molecule has 0 spiro atoms. The fourth-order valence-corrected chi connectivity index (χ4v) is 3.51. The monoisotopic (exact) mass is 414 g/mol. The van der Waals surface area contributed by atoms with Gasteiger partial charge >= 0.3 is 0 Å². The van der Waals surface area contributed by atoms with Gasteiger partial charge in [0.15, 0.2) is 6.10 Å². The molecule has 0 aliphatic rings. The van der Waals surface area contributed by atoms with Crippen LogP contribution in [-0.2, 0) is 14.8 Å². The van der Waals surface area contributed by atoms with E-state index in [1.807, 2.05) is 6.07 Å². The summed E-state index contributed by atoms with van der Waals surface area (Å²) >= 11 is 0. The molecule has 29 heavy (non-hydrogen) atoms. The minimum atomic E-state index is -3.84. The second-order valence-electron chi connectivity index (χ2n) is 6.20. The van der Waals surface area contributed by atoms with Crippen LogP contribution in [0, 0.1) is 5.82 Å². The van der Waals surface area contributed by atoms with E-state index in [-0.39, 0.29) is 16.5 Å². The van der Waals surface area contributed by atoms with Gasteiger partial charge in [-0.1, -0.05) is 18.2 Å². The molecule has 0 aromatic heterocycles. The van der Waals surface area contributed by atoms with Crippen molar-refractivity contribution >= 4 is 27.3 Å². The number of rotatable bonds is 7. The van der Waals surface area contributed by atoms with E-state index in [9.17, 15) is 17.6 Å². The largest absolute Gasteiger partial charge is 0.481 e. The first kappa shape index (κ1) is 20.3. The zero-order chi connectivity index (χ0) is 20.9. The van der Waals surface area contributed by atoms with E-state index in [0.717, 1.165) is 12.1 Å². The van der Waals surface area contributed by atoms with Crippen molar-refractivity contribution in [2.24, 2.45) is 0 Å². The van der Waals surface area contributed by atoms with E-state index in [1.54, 1.807) is 31.2 Å². The van der Waals surface area contributed by atoms with Gasteiger partial charge in [0.1, 0.15) is 11.6 Å². The van der Waals surface area contributed by atoms with Gasteiger partial charge in [0.2, 0.25) is 0 Å². The molecule has 0 aliphatic carbocycles. The number of para-hydroxylation sites is 1. The highest BCUT2D eigenvalue weighted by Gasteiger charge is 2.17. The average molecular weight is 414 g/mol. The summed E-state index contributed by atoms with van der Waals surface area (Å²) in [4.78, 5) is 12.3. The highest BCUT2D eigenvalue weighted by molar-refractivity contribution is 7.92. The number of benzene rings is 3. The lowest BCUT2D eigenvalue weighted by Crippen LogP contribution is -2.30. The van der Waals surface area contributed by atoms with Crippen molar-refractivity contribution in [1.82, 2.24) is 0 Å². The number of nitrogens with one attached hydrogen (secondary N) is 2. The second-order valence-corrected chi connectivity index (χ2v) is 7.88. The zero-order valence-corrected chi connectivity index (χ0v) is 16.3. The van der Waals surface area contributed by atoms with Gasteiger partial charge in [0.05, 0.1) is 4.90 Å². The third kappa shape index (κ3) is 5.55. The molecule has 3 rings (SSSR count). The Morgan fingerprint density at radius 3 is 2.10 bits per heavy atom. The quantitative estimate of drug-likeness (QED) is 0.611. The van der Waals surface area contributed by atoms with Crippen LogP contribution in [0.1, 0.15) is 6.92 Å². The molecule has 0 fully saturated rings. The summed E-state index contributed by atoms with van der Waals surface area (Å²) in [6.07, 6.45) is -0.735. The summed E-state index contributed by atoms with van der Waals surface area (Å²) in [5.74, 6) is -0.254. The van der Waals surface area contributed by atoms with E-state index >= 15 is 0 Å². The van der Waals surface area contributed by atoms with Crippen molar-refractivity contribution in [3.05, 3.63) is 84.7 Å². The Morgan fingerprint density at radius 1 is 0.897 bits per heavy atom. The van der Waals surface area contributed by atoms with Crippen LogP contribution in [0.4, 0.5) is 15.8 Å². The Kier molecular flexibility index (Phi) is 6.13. The molecule has 0 saturated carbocycles. The predicted octanol–water partition coefficient (Wildman–Crippen LogP) is 4.03. The third-order valence-corrected chi connectivity index (χ3v) is 5.35. The van der Waals surface area contributed by atoms with Gasteiger partial charge in [-0.15, -0.1) is 0 Å². The van der Waals surface area contributed by atoms with E-state index < -0.39 is 21.9 Å². The van der Waals surface area contributed by atoms with Crippen molar-refractivity contribution in [1.29, 1.82) is 0 Å². The molecule has 150 valence electrons. The number of carbonyl (C=O) groups is 1. The summed E-state index contributed by atoms with van der Waals surface area (Å²) < 4.78 is 45.7. The number of halogens is 1. The number of amides is 1. The first-order valence-electron chi connectivity index (χ1n) is 8.74. The summed E-state index contributed by atoms with van der Waals surface area (Å²) in [5, 5.41) is 2.68. The lowest BCUT2D eigenvalue weighted by molar-refractivity contribution is -0.122. The summed E-state index contributed by atoms with van der Waals surface area (Å²) in [6, 6.07) is 19.6. The normalized spacial score (nSPS) is 12.1. The maximum Gasteiger partial charge on any atom is 0.265 e. The van der Waals surface area contributed by atoms with Crippen LogP contribution < -0.4 is 14.8 Å². The fraction of sp³-hybridized carbons (Fsp3) is 0.0952. The molecule has 3 aromatic carbocycles. The maximum absolute atomic E-state index is 12.9. The summed E-state index contributed by atoms with van der Waals surface area (Å²) in [5.41, 5.74) is 0.676. The van der Waals surface area contributed by atoms with E-state index in [4.69, 9.17) is 4.74 Å². The van der Waals surface area contributed by atoms with Crippen molar-refractivity contribution in [3.8, 4) is 5.75 Å². The Labute approximate surface area is 168 Å². The van der Waals surface area contributed by atoms with Crippen LogP contribution in [0.25, 0.3) is 0 Å². The van der Waals surface area contributed by atoms with Crippen molar-refractivity contribution < 1.29 is 22.3 Å². The van der Waals surface area contributed by atoms with Gasteiger partial charge in [-0.05, 0) is 67.6 Å². The molecule has 6 nitrogen and oxygen atoms in total. The third-order valence-electron chi connectivity index (χ3n) is 3.95. The molecule has 0 heterocycles. The Hall–Kier alpha value is -3.39. The maximum atomic E-state index is 12.9. The summed E-state index contributed by atoms with van der Waals surface area (Å²) in [7, 11) is -3.84. The lowest BCUT2D eigenvalue weighted by Gasteiger charge is -2.15. The molecule has 0 unspecified atom stereocenters. The molecule has 0 bridgehead atoms. The molecule has 8 heteroatoms. The van der Waals surface area contributed by atoms with E-state index in [2.05, 4.69) is 10.0 Å². The van der Waals surface area contributed by atoms with Crippen LogP contribution in [-0.4, -0.2) is 20.4 Å². The molecule has 0 aliphatic heterocycles. The SMILES string of the molecule is C[C@H](Oc1ccccc1)C(=O)Nc1ccc(S(=O)(=O)Nc2ccc(F)cc2)cc1. The molecule has 3 aromatic rings. The topological polar surface area (TPSA) is 84.5 Å². The van der Waals surface area contributed by atoms with Crippen molar-refractivity contribution in [3.63, 3.8) is 0 Å². The van der Waals surface area contributed by atoms with Crippen LogP contribution in [0.3, 0.4) is 0 Å². The Morgan fingerprint density at radius 2 is 1.48 bits per heavy atom. The predicted molar refractivity (Wildman–Crippen MR) is 109 cm³/mol. The van der Waals surface area contributed by atoms with E-state index in [0.29, 0.717) is 11.4 Å². The summed E-state index contributed by atoms with van der Waals surface area (Å²) in [6.45, 7) is 1.62. The van der Waals surface area contributed by atoms with Crippen LogP contribution in [0.15, 0.2) is 83.8 Å².